The molecule has 1 aromatic carbocycles. The van der Waals surface area contributed by atoms with Gasteiger partial charge in [0, 0.05) is 11.5 Å². The monoisotopic (exact) mass is 218 g/mol. The number of carbonyl (C=O) groups excluding carboxylic acids is 1. The average Bonchev–Trinajstić information content (AvgIpc) is 3.03. The summed E-state index contributed by atoms with van der Waals surface area (Å²) in [7, 11) is 0. The van der Waals surface area contributed by atoms with E-state index in [9.17, 15) is 9.18 Å². The third-order valence-electron chi connectivity index (χ3n) is 4.09. The third-order valence-corrected chi connectivity index (χ3v) is 4.09. The van der Waals surface area contributed by atoms with E-state index in [0.29, 0.717) is 17.4 Å². The van der Waals surface area contributed by atoms with E-state index in [4.69, 9.17) is 0 Å². The molecule has 2 heteroatoms. The van der Waals surface area contributed by atoms with E-state index >= 15 is 0 Å². The highest BCUT2D eigenvalue weighted by atomic mass is 19.1. The van der Waals surface area contributed by atoms with Crippen molar-refractivity contribution in [3.05, 3.63) is 35.6 Å². The SMILES string of the molecule is O=C(c1ccc(F)cc1)C1C2CCCCC21. The number of hydrogen-bond donors (Lipinski definition) is 0. The fourth-order valence-electron chi connectivity index (χ4n) is 3.19. The van der Waals surface area contributed by atoms with Crippen LogP contribution in [0.25, 0.3) is 0 Å². The zero-order valence-electron chi connectivity index (χ0n) is 9.16. The van der Waals surface area contributed by atoms with Crippen molar-refractivity contribution in [3.8, 4) is 0 Å². The van der Waals surface area contributed by atoms with Gasteiger partial charge in [-0.25, -0.2) is 4.39 Å². The van der Waals surface area contributed by atoms with Crippen molar-refractivity contribution in [1.82, 2.24) is 0 Å². The van der Waals surface area contributed by atoms with E-state index in [1.54, 1.807) is 12.1 Å². The topological polar surface area (TPSA) is 17.1 Å². The Kier molecular flexibility index (Phi) is 2.31. The molecule has 2 aliphatic rings. The Bertz CT molecular complexity index is 397. The summed E-state index contributed by atoms with van der Waals surface area (Å²) >= 11 is 0. The van der Waals surface area contributed by atoms with Gasteiger partial charge in [-0.2, -0.15) is 0 Å². The summed E-state index contributed by atoms with van der Waals surface area (Å²) in [5, 5.41) is 0. The number of fused-ring (bicyclic) bond motifs is 1. The van der Waals surface area contributed by atoms with Crippen LogP contribution >= 0.6 is 0 Å². The highest BCUT2D eigenvalue weighted by molar-refractivity contribution is 6.00. The summed E-state index contributed by atoms with van der Waals surface area (Å²) in [4.78, 5) is 12.2. The van der Waals surface area contributed by atoms with Crippen LogP contribution in [0.4, 0.5) is 4.39 Å². The predicted octanol–water partition coefficient (Wildman–Crippen LogP) is 3.44. The van der Waals surface area contributed by atoms with Crippen LogP contribution in [0.2, 0.25) is 0 Å². The van der Waals surface area contributed by atoms with Crippen LogP contribution in [-0.4, -0.2) is 5.78 Å². The minimum absolute atomic E-state index is 0.233. The predicted molar refractivity (Wildman–Crippen MR) is 59.7 cm³/mol. The second kappa shape index (κ2) is 3.69. The lowest BCUT2D eigenvalue weighted by atomic mass is 10.0. The highest BCUT2D eigenvalue weighted by Crippen LogP contribution is 2.56. The van der Waals surface area contributed by atoms with Gasteiger partial charge in [0.05, 0.1) is 0 Å². The molecule has 0 aliphatic heterocycles. The Morgan fingerprint density at radius 3 is 2.19 bits per heavy atom. The van der Waals surface area contributed by atoms with Crippen LogP contribution in [0, 0.1) is 23.6 Å². The minimum Gasteiger partial charge on any atom is -0.294 e. The molecule has 16 heavy (non-hydrogen) atoms. The zero-order valence-corrected chi connectivity index (χ0v) is 9.16. The summed E-state index contributed by atoms with van der Waals surface area (Å²) in [6.07, 6.45) is 4.97. The molecule has 0 bridgehead atoms. The number of Topliss-reactive ketones (excluding diaryl/α,β-unsaturated/α-hetero) is 1. The molecule has 2 fully saturated rings. The molecule has 0 amide bonds. The van der Waals surface area contributed by atoms with Gasteiger partial charge in [-0.05, 0) is 48.9 Å². The van der Waals surface area contributed by atoms with E-state index in [0.717, 1.165) is 0 Å². The fraction of sp³-hybridized carbons (Fsp3) is 0.500. The maximum Gasteiger partial charge on any atom is 0.166 e. The first-order valence-corrected chi connectivity index (χ1v) is 6.07. The van der Waals surface area contributed by atoms with Crippen LogP contribution in [0.5, 0.6) is 0 Å². The van der Waals surface area contributed by atoms with E-state index in [1.807, 2.05) is 0 Å². The number of hydrogen-bond acceptors (Lipinski definition) is 1. The van der Waals surface area contributed by atoms with Crippen molar-refractivity contribution in [3.63, 3.8) is 0 Å². The van der Waals surface area contributed by atoms with Crippen molar-refractivity contribution in [2.45, 2.75) is 25.7 Å². The molecule has 2 aliphatic carbocycles. The molecule has 2 atom stereocenters. The molecule has 2 saturated carbocycles. The van der Waals surface area contributed by atoms with Crippen LogP contribution < -0.4 is 0 Å². The summed E-state index contributed by atoms with van der Waals surface area (Å²) in [5.41, 5.74) is 0.681. The van der Waals surface area contributed by atoms with Gasteiger partial charge in [-0.3, -0.25) is 4.79 Å². The molecular formula is C14H15FO. The first-order valence-electron chi connectivity index (χ1n) is 6.07. The molecule has 0 N–H and O–H groups in total. The number of carbonyl (C=O) groups is 1. The van der Waals surface area contributed by atoms with Crippen LogP contribution in [-0.2, 0) is 0 Å². The van der Waals surface area contributed by atoms with E-state index < -0.39 is 0 Å². The van der Waals surface area contributed by atoms with Gasteiger partial charge in [-0.1, -0.05) is 12.8 Å². The third kappa shape index (κ3) is 1.57. The van der Waals surface area contributed by atoms with Crippen molar-refractivity contribution in [2.24, 2.45) is 17.8 Å². The van der Waals surface area contributed by atoms with Crippen molar-refractivity contribution >= 4 is 5.78 Å². The zero-order chi connectivity index (χ0) is 11.1. The molecule has 0 radical (unpaired) electrons. The standard InChI is InChI=1S/C14H15FO/c15-10-7-5-9(6-8-10)14(16)13-11-3-1-2-4-12(11)13/h5-8,11-13H,1-4H2. The van der Waals surface area contributed by atoms with Gasteiger partial charge >= 0.3 is 0 Å². The number of rotatable bonds is 2. The Morgan fingerprint density at radius 2 is 1.62 bits per heavy atom. The van der Waals surface area contributed by atoms with Crippen LogP contribution in [0.15, 0.2) is 24.3 Å². The van der Waals surface area contributed by atoms with Gasteiger partial charge < -0.3 is 0 Å². The molecule has 1 aromatic rings. The Morgan fingerprint density at radius 1 is 1.06 bits per heavy atom. The maximum atomic E-state index is 12.8. The Balaban J connectivity index is 1.76. The molecule has 0 aromatic heterocycles. The van der Waals surface area contributed by atoms with E-state index in [2.05, 4.69) is 0 Å². The Labute approximate surface area is 94.7 Å². The lowest BCUT2D eigenvalue weighted by Gasteiger charge is -2.04. The second-order valence-corrected chi connectivity index (χ2v) is 5.01. The largest absolute Gasteiger partial charge is 0.294 e. The molecule has 0 saturated heterocycles. The molecular weight excluding hydrogens is 203 g/mol. The number of benzene rings is 1. The van der Waals surface area contributed by atoms with E-state index in [-0.39, 0.29) is 17.5 Å². The lowest BCUT2D eigenvalue weighted by Crippen LogP contribution is -2.04. The van der Waals surface area contributed by atoms with Gasteiger partial charge in [0.25, 0.3) is 0 Å². The van der Waals surface area contributed by atoms with Gasteiger partial charge in [0.2, 0.25) is 0 Å². The fourth-order valence-corrected chi connectivity index (χ4v) is 3.19. The molecule has 1 nitrogen and oxygen atoms in total. The first kappa shape index (κ1) is 10.0. The Hall–Kier alpha value is -1.18. The first-order chi connectivity index (χ1) is 7.77. The van der Waals surface area contributed by atoms with E-state index in [1.165, 1.54) is 37.8 Å². The lowest BCUT2D eigenvalue weighted by molar-refractivity contribution is 0.0956. The molecule has 0 spiro atoms. The van der Waals surface area contributed by atoms with Crippen LogP contribution in [0.1, 0.15) is 36.0 Å². The van der Waals surface area contributed by atoms with Crippen molar-refractivity contribution in [1.29, 1.82) is 0 Å². The normalized spacial score (nSPS) is 31.9. The summed E-state index contributed by atoms with van der Waals surface area (Å²) in [5.74, 6) is 1.47. The summed E-state index contributed by atoms with van der Waals surface area (Å²) in [6.45, 7) is 0. The van der Waals surface area contributed by atoms with Gasteiger partial charge in [0.15, 0.2) is 5.78 Å². The van der Waals surface area contributed by atoms with Crippen molar-refractivity contribution in [2.75, 3.05) is 0 Å². The summed E-state index contributed by atoms with van der Waals surface area (Å²) < 4.78 is 12.8. The molecule has 84 valence electrons. The summed E-state index contributed by atoms with van der Waals surface area (Å²) in [6, 6.07) is 5.97. The number of halogens is 1. The van der Waals surface area contributed by atoms with Crippen molar-refractivity contribution < 1.29 is 9.18 Å². The minimum atomic E-state index is -0.273. The molecule has 2 unspecified atom stereocenters. The second-order valence-electron chi connectivity index (χ2n) is 5.01. The maximum absolute atomic E-state index is 12.8. The molecule has 3 rings (SSSR count). The smallest absolute Gasteiger partial charge is 0.166 e. The molecule has 0 heterocycles. The van der Waals surface area contributed by atoms with Crippen LogP contribution in [0.3, 0.4) is 0 Å². The average molecular weight is 218 g/mol. The van der Waals surface area contributed by atoms with Gasteiger partial charge in [0.1, 0.15) is 5.82 Å². The highest BCUT2D eigenvalue weighted by Gasteiger charge is 2.54. The number of ketones is 1. The quantitative estimate of drug-likeness (QED) is 0.695. The van der Waals surface area contributed by atoms with Gasteiger partial charge in [-0.15, -0.1) is 0 Å².